The first-order valence-electron chi connectivity index (χ1n) is 5.87. The zero-order chi connectivity index (χ0) is 13.0. The molecule has 18 heavy (non-hydrogen) atoms. The molecule has 1 aliphatic heterocycles. The van der Waals surface area contributed by atoms with Gasteiger partial charge in [0.15, 0.2) is 9.84 Å². The number of sulfone groups is 1. The Kier molecular flexibility index (Phi) is 4.19. The van der Waals surface area contributed by atoms with Crippen molar-refractivity contribution < 1.29 is 17.5 Å². The van der Waals surface area contributed by atoms with Crippen LogP contribution in [0.4, 0.5) is 4.39 Å². The summed E-state index contributed by atoms with van der Waals surface area (Å²) in [5.74, 6) is 0.612. The lowest BCUT2D eigenvalue weighted by Gasteiger charge is -2.11. The van der Waals surface area contributed by atoms with Gasteiger partial charge in [-0.1, -0.05) is 6.07 Å². The van der Waals surface area contributed by atoms with Crippen molar-refractivity contribution in [2.75, 3.05) is 24.7 Å². The Morgan fingerprint density at radius 1 is 1.44 bits per heavy atom. The highest BCUT2D eigenvalue weighted by Crippen LogP contribution is 2.12. The molecule has 1 aliphatic rings. The van der Waals surface area contributed by atoms with E-state index in [1.165, 1.54) is 12.1 Å². The standard InChI is InChI=1S/C12H16FNO3S/c13-10-2-1-3-12(8-10)17-6-5-14-11-4-7-18(15,16)9-11/h1-3,8,11,14H,4-7,9H2. The van der Waals surface area contributed by atoms with Crippen molar-refractivity contribution in [1.82, 2.24) is 5.32 Å². The highest BCUT2D eigenvalue weighted by molar-refractivity contribution is 7.91. The van der Waals surface area contributed by atoms with E-state index in [-0.39, 0.29) is 23.4 Å². The first kappa shape index (κ1) is 13.3. The third kappa shape index (κ3) is 3.96. The molecular weight excluding hydrogens is 257 g/mol. The van der Waals surface area contributed by atoms with Crippen LogP contribution in [0, 0.1) is 5.82 Å². The van der Waals surface area contributed by atoms with Gasteiger partial charge in [0.25, 0.3) is 0 Å². The number of hydrogen-bond acceptors (Lipinski definition) is 4. The molecule has 0 amide bonds. The number of nitrogens with one attached hydrogen (secondary N) is 1. The van der Waals surface area contributed by atoms with Crippen molar-refractivity contribution in [1.29, 1.82) is 0 Å². The minimum atomic E-state index is -2.84. The van der Waals surface area contributed by atoms with Gasteiger partial charge in [0, 0.05) is 18.7 Å². The molecule has 1 aromatic carbocycles. The Morgan fingerprint density at radius 3 is 2.94 bits per heavy atom. The third-order valence-corrected chi connectivity index (χ3v) is 4.60. The predicted octanol–water partition coefficient (Wildman–Crippen LogP) is 0.981. The van der Waals surface area contributed by atoms with Crippen LogP contribution in [-0.4, -0.2) is 39.1 Å². The summed E-state index contributed by atoms with van der Waals surface area (Å²) >= 11 is 0. The molecule has 1 atom stereocenters. The topological polar surface area (TPSA) is 55.4 Å². The largest absolute Gasteiger partial charge is 0.492 e. The van der Waals surface area contributed by atoms with E-state index >= 15 is 0 Å². The summed E-state index contributed by atoms with van der Waals surface area (Å²) in [4.78, 5) is 0. The summed E-state index contributed by atoms with van der Waals surface area (Å²) in [6.07, 6.45) is 0.655. The van der Waals surface area contributed by atoms with E-state index in [0.29, 0.717) is 25.3 Å². The van der Waals surface area contributed by atoms with Crippen LogP contribution in [0.25, 0.3) is 0 Å². The van der Waals surface area contributed by atoms with Crippen LogP contribution in [0.3, 0.4) is 0 Å². The molecule has 0 aliphatic carbocycles. The van der Waals surface area contributed by atoms with Gasteiger partial charge in [0.2, 0.25) is 0 Å². The molecule has 0 bridgehead atoms. The molecular formula is C12H16FNO3S. The SMILES string of the molecule is O=S1(=O)CCC(NCCOc2cccc(F)c2)C1. The van der Waals surface area contributed by atoms with E-state index in [1.807, 2.05) is 0 Å². The molecule has 0 aromatic heterocycles. The molecule has 4 nitrogen and oxygen atoms in total. The highest BCUT2D eigenvalue weighted by atomic mass is 32.2. The van der Waals surface area contributed by atoms with Crippen molar-refractivity contribution in [3.8, 4) is 5.75 Å². The van der Waals surface area contributed by atoms with Crippen molar-refractivity contribution in [3.05, 3.63) is 30.1 Å². The molecule has 1 aromatic rings. The Labute approximate surface area is 106 Å². The minimum Gasteiger partial charge on any atom is -0.492 e. The fraction of sp³-hybridized carbons (Fsp3) is 0.500. The smallest absolute Gasteiger partial charge is 0.151 e. The third-order valence-electron chi connectivity index (χ3n) is 2.83. The quantitative estimate of drug-likeness (QED) is 0.813. The molecule has 1 heterocycles. The van der Waals surface area contributed by atoms with E-state index in [2.05, 4.69) is 5.32 Å². The van der Waals surface area contributed by atoms with E-state index in [0.717, 1.165) is 0 Å². The van der Waals surface area contributed by atoms with Gasteiger partial charge in [-0.15, -0.1) is 0 Å². The molecule has 1 fully saturated rings. The summed E-state index contributed by atoms with van der Waals surface area (Å²) in [5.41, 5.74) is 0. The molecule has 0 saturated carbocycles. The van der Waals surface area contributed by atoms with E-state index in [9.17, 15) is 12.8 Å². The molecule has 1 saturated heterocycles. The van der Waals surface area contributed by atoms with Crippen LogP contribution >= 0.6 is 0 Å². The summed E-state index contributed by atoms with van der Waals surface area (Å²) in [7, 11) is -2.84. The van der Waals surface area contributed by atoms with Crippen molar-refractivity contribution in [2.24, 2.45) is 0 Å². The van der Waals surface area contributed by atoms with Crippen LogP contribution in [0.1, 0.15) is 6.42 Å². The van der Waals surface area contributed by atoms with Crippen LogP contribution in [0.15, 0.2) is 24.3 Å². The maximum atomic E-state index is 12.8. The van der Waals surface area contributed by atoms with Crippen molar-refractivity contribution >= 4 is 9.84 Å². The van der Waals surface area contributed by atoms with Crippen LogP contribution in [-0.2, 0) is 9.84 Å². The van der Waals surface area contributed by atoms with Crippen LogP contribution < -0.4 is 10.1 Å². The van der Waals surface area contributed by atoms with Crippen molar-refractivity contribution in [3.63, 3.8) is 0 Å². The van der Waals surface area contributed by atoms with Gasteiger partial charge in [-0.25, -0.2) is 12.8 Å². The molecule has 2 rings (SSSR count). The molecule has 100 valence electrons. The Balaban J connectivity index is 1.68. The van der Waals surface area contributed by atoms with Crippen LogP contribution in [0.2, 0.25) is 0 Å². The summed E-state index contributed by atoms with van der Waals surface area (Å²) in [6.45, 7) is 0.941. The number of ether oxygens (including phenoxy) is 1. The minimum absolute atomic E-state index is 0.0195. The number of halogens is 1. The lowest BCUT2D eigenvalue weighted by Crippen LogP contribution is -2.33. The predicted molar refractivity (Wildman–Crippen MR) is 67.0 cm³/mol. The average molecular weight is 273 g/mol. The summed E-state index contributed by atoms with van der Waals surface area (Å²) < 4.78 is 40.6. The van der Waals surface area contributed by atoms with Gasteiger partial charge in [-0.2, -0.15) is 0 Å². The molecule has 1 N–H and O–H groups in total. The normalized spacial score (nSPS) is 21.9. The second-order valence-electron chi connectivity index (χ2n) is 4.36. The maximum absolute atomic E-state index is 12.8. The Hall–Kier alpha value is -1.14. The van der Waals surface area contributed by atoms with Gasteiger partial charge >= 0.3 is 0 Å². The van der Waals surface area contributed by atoms with Gasteiger partial charge in [0.05, 0.1) is 11.5 Å². The second-order valence-corrected chi connectivity index (χ2v) is 6.59. The number of rotatable bonds is 5. The zero-order valence-electron chi connectivity index (χ0n) is 9.93. The second kappa shape index (κ2) is 5.67. The van der Waals surface area contributed by atoms with Crippen molar-refractivity contribution in [2.45, 2.75) is 12.5 Å². The monoisotopic (exact) mass is 273 g/mol. The summed E-state index contributed by atoms with van der Waals surface area (Å²) in [6, 6.07) is 5.96. The lowest BCUT2D eigenvalue weighted by molar-refractivity contribution is 0.306. The van der Waals surface area contributed by atoms with Crippen LogP contribution in [0.5, 0.6) is 5.75 Å². The first-order chi connectivity index (χ1) is 8.55. The van der Waals surface area contributed by atoms with Gasteiger partial charge in [0.1, 0.15) is 18.2 Å². The molecule has 0 radical (unpaired) electrons. The molecule has 1 unspecified atom stereocenters. The lowest BCUT2D eigenvalue weighted by atomic mass is 10.3. The van der Waals surface area contributed by atoms with Gasteiger partial charge < -0.3 is 10.1 Å². The maximum Gasteiger partial charge on any atom is 0.151 e. The Bertz CT molecular complexity index is 504. The zero-order valence-corrected chi connectivity index (χ0v) is 10.7. The van der Waals surface area contributed by atoms with Gasteiger partial charge in [-0.05, 0) is 18.6 Å². The van der Waals surface area contributed by atoms with E-state index < -0.39 is 9.84 Å². The molecule has 0 spiro atoms. The van der Waals surface area contributed by atoms with E-state index in [1.54, 1.807) is 12.1 Å². The average Bonchev–Trinajstić information content (AvgIpc) is 2.65. The number of hydrogen-bond donors (Lipinski definition) is 1. The fourth-order valence-corrected chi connectivity index (χ4v) is 3.65. The van der Waals surface area contributed by atoms with E-state index in [4.69, 9.17) is 4.74 Å². The highest BCUT2D eigenvalue weighted by Gasteiger charge is 2.26. The first-order valence-corrected chi connectivity index (χ1v) is 7.69. The number of benzene rings is 1. The molecule has 6 heteroatoms. The fourth-order valence-electron chi connectivity index (χ4n) is 1.94. The summed E-state index contributed by atoms with van der Waals surface area (Å²) in [5, 5.41) is 3.12. The Morgan fingerprint density at radius 2 is 2.28 bits per heavy atom. The van der Waals surface area contributed by atoms with Gasteiger partial charge in [-0.3, -0.25) is 0 Å².